The number of hydrogen-bond donors (Lipinski definition) is 1. The van der Waals surface area contributed by atoms with Crippen LogP contribution < -0.4 is 11.3 Å². The van der Waals surface area contributed by atoms with Crippen molar-refractivity contribution in [2.75, 3.05) is 32.0 Å². The fourth-order valence-corrected chi connectivity index (χ4v) is 2.18. The lowest BCUT2D eigenvalue weighted by Crippen LogP contribution is -2.29. The molecule has 0 spiro atoms. The van der Waals surface area contributed by atoms with Crippen molar-refractivity contribution in [3.8, 4) is 0 Å². The van der Waals surface area contributed by atoms with Crippen molar-refractivity contribution in [1.82, 2.24) is 9.47 Å². The van der Waals surface area contributed by atoms with Crippen LogP contribution in [0.4, 0.5) is 10.1 Å². The Morgan fingerprint density at radius 3 is 3.12 bits per heavy atom. The number of rotatable bonds is 3. The summed E-state index contributed by atoms with van der Waals surface area (Å²) < 4.78 is 13.8. The maximum absolute atomic E-state index is 12.2. The molecule has 0 radical (unpaired) electrons. The average molecular weight is 225 g/mol. The topological polar surface area (TPSA) is 51.3 Å². The maximum Gasteiger partial charge on any atom is 0.273 e. The minimum Gasteiger partial charge on any atom is -0.394 e. The van der Waals surface area contributed by atoms with Crippen molar-refractivity contribution in [2.24, 2.45) is 0 Å². The van der Waals surface area contributed by atoms with Crippen LogP contribution in [0.1, 0.15) is 12.5 Å². The van der Waals surface area contributed by atoms with Crippen molar-refractivity contribution in [2.45, 2.75) is 12.5 Å². The third-order valence-electron chi connectivity index (χ3n) is 3.05. The summed E-state index contributed by atoms with van der Waals surface area (Å²) in [6.45, 7) is 1.69. The number of anilines is 1. The van der Waals surface area contributed by atoms with E-state index < -0.39 is 0 Å². The molecule has 1 aromatic rings. The van der Waals surface area contributed by atoms with Crippen LogP contribution in [0.2, 0.25) is 0 Å². The van der Waals surface area contributed by atoms with Crippen LogP contribution in [0.25, 0.3) is 0 Å². The van der Waals surface area contributed by atoms with Gasteiger partial charge in [-0.25, -0.2) is 4.39 Å². The Morgan fingerprint density at radius 2 is 2.38 bits per heavy atom. The third-order valence-corrected chi connectivity index (χ3v) is 3.05. The molecule has 1 aliphatic rings. The Bertz CT molecular complexity index is 418. The smallest absolute Gasteiger partial charge is 0.273 e. The molecule has 0 aromatic carbocycles. The fraction of sp³-hybridized carbons (Fsp3) is 0.545. The van der Waals surface area contributed by atoms with E-state index >= 15 is 0 Å². The van der Waals surface area contributed by atoms with E-state index in [0.717, 1.165) is 19.5 Å². The largest absolute Gasteiger partial charge is 0.394 e. The van der Waals surface area contributed by atoms with Gasteiger partial charge in [-0.3, -0.25) is 9.69 Å². The van der Waals surface area contributed by atoms with Gasteiger partial charge in [0.25, 0.3) is 5.56 Å². The number of likely N-dealkylation sites (tertiary alicyclic amines) is 1. The molecule has 1 aliphatic heterocycles. The number of nitrogens with zero attached hydrogens (tertiary/aromatic N) is 2. The second-order valence-electron chi connectivity index (χ2n) is 4.11. The number of aromatic nitrogens is 1. The van der Waals surface area contributed by atoms with Crippen LogP contribution in [0, 0.1) is 0 Å². The van der Waals surface area contributed by atoms with Gasteiger partial charge < -0.3 is 10.3 Å². The molecule has 0 bridgehead atoms. The maximum atomic E-state index is 12.2. The molecule has 5 heteroatoms. The van der Waals surface area contributed by atoms with Crippen molar-refractivity contribution in [3.63, 3.8) is 0 Å². The van der Waals surface area contributed by atoms with E-state index in [2.05, 4.69) is 0 Å². The lowest BCUT2D eigenvalue weighted by molar-refractivity contribution is 0.287. The average Bonchev–Trinajstić information content (AvgIpc) is 2.71. The molecule has 1 fully saturated rings. The molecule has 88 valence electrons. The van der Waals surface area contributed by atoms with Crippen molar-refractivity contribution in [3.05, 3.63) is 28.7 Å². The van der Waals surface area contributed by atoms with Gasteiger partial charge in [-0.15, -0.1) is 0 Å². The summed E-state index contributed by atoms with van der Waals surface area (Å²) in [7, 11) is 0. The van der Waals surface area contributed by atoms with Gasteiger partial charge in [-0.2, -0.15) is 0 Å². The Balaban J connectivity index is 2.15. The predicted molar refractivity (Wildman–Crippen MR) is 61.2 cm³/mol. The predicted octanol–water partition coefficient (Wildman–Crippen LogP) is 0.647. The van der Waals surface area contributed by atoms with Gasteiger partial charge in [-0.1, -0.05) is 0 Å². The van der Waals surface area contributed by atoms with E-state index in [1.165, 1.54) is 0 Å². The lowest BCUT2D eigenvalue weighted by Gasteiger charge is -2.16. The van der Waals surface area contributed by atoms with E-state index in [4.69, 9.17) is 5.73 Å². The first kappa shape index (κ1) is 11.1. The Kier molecular flexibility index (Phi) is 3.24. The standard InChI is InChI=1S/C11H16FN3O/c12-4-7-14-6-3-9(8-14)15-5-1-2-10(13)11(15)16/h1-2,5,9H,3-4,6-8,13H2/t9-/m1/s1. The second kappa shape index (κ2) is 4.65. The number of nitrogen functional groups attached to an aromatic ring is 1. The summed E-state index contributed by atoms with van der Waals surface area (Å²) in [5.74, 6) is 0. The van der Waals surface area contributed by atoms with E-state index in [-0.39, 0.29) is 24.0 Å². The molecule has 0 aliphatic carbocycles. The molecule has 2 N–H and O–H groups in total. The Morgan fingerprint density at radius 1 is 1.56 bits per heavy atom. The van der Waals surface area contributed by atoms with Crippen molar-refractivity contribution < 1.29 is 4.39 Å². The lowest BCUT2D eigenvalue weighted by atomic mass is 10.2. The van der Waals surface area contributed by atoms with E-state index in [9.17, 15) is 9.18 Å². The van der Waals surface area contributed by atoms with E-state index in [0.29, 0.717) is 6.54 Å². The third kappa shape index (κ3) is 2.09. The molecule has 2 rings (SSSR count). The van der Waals surface area contributed by atoms with Gasteiger partial charge in [0.2, 0.25) is 0 Å². The monoisotopic (exact) mass is 225 g/mol. The molecular weight excluding hydrogens is 209 g/mol. The Labute approximate surface area is 93.5 Å². The van der Waals surface area contributed by atoms with Crippen LogP contribution in [-0.2, 0) is 0 Å². The van der Waals surface area contributed by atoms with Crippen LogP contribution in [-0.4, -0.2) is 35.8 Å². The van der Waals surface area contributed by atoms with Gasteiger partial charge >= 0.3 is 0 Å². The first-order valence-corrected chi connectivity index (χ1v) is 5.47. The summed E-state index contributed by atoms with van der Waals surface area (Å²) in [6, 6.07) is 3.50. The molecule has 1 saturated heterocycles. The minimum atomic E-state index is -0.335. The zero-order valence-electron chi connectivity index (χ0n) is 9.10. The number of hydrogen-bond acceptors (Lipinski definition) is 3. The molecule has 2 heterocycles. The highest BCUT2D eigenvalue weighted by Gasteiger charge is 2.24. The highest BCUT2D eigenvalue weighted by Crippen LogP contribution is 2.19. The van der Waals surface area contributed by atoms with E-state index in [1.54, 1.807) is 22.9 Å². The Hall–Kier alpha value is -1.36. The van der Waals surface area contributed by atoms with Gasteiger partial charge in [-0.05, 0) is 18.6 Å². The van der Waals surface area contributed by atoms with Crippen molar-refractivity contribution in [1.29, 1.82) is 0 Å². The van der Waals surface area contributed by atoms with Gasteiger partial charge in [0.15, 0.2) is 0 Å². The van der Waals surface area contributed by atoms with Crippen LogP contribution >= 0.6 is 0 Å². The van der Waals surface area contributed by atoms with Gasteiger partial charge in [0.1, 0.15) is 6.67 Å². The number of nitrogens with two attached hydrogens (primary N) is 1. The summed E-state index contributed by atoms with van der Waals surface area (Å²) in [4.78, 5) is 13.8. The minimum absolute atomic E-state index is 0.127. The SMILES string of the molecule is Nc1cccn([C@@H]2CCN(CCF)C2)c1=O. The molecule has 16 heavy (non-hydrogen) atoms. The van der Waals surface area contributed by atoms with Crippen LogP contribution in [0.5, 0.6) is 0 Å². The number of alkyl halides is 1. The molecule has 1 atom stereocenters. The summed E-state index contributed by atoms with van der Waals surface area (Å²) >= 11 is 0. The highest BCUT2D eigenvalue weighted by atomic mass is 19.1. The first-order chi connectivity index (χ1) is 7.72. The number of halogens is 1. The fourth-order valence-electron chi connectivity index (χ4n) is 2.18. The van der Waals surface area contributed by atoms with Crippen molar-refractivity contribution >= 4 is 5.69 Å². The molecule has 0 saturated carbocycles. The second-order valence-corrected chi connectivity index (χ2v) is 4.11. The summed E-state index contributed by atoms with van der Waals surface area (Å²) in [6.07, 6.45) is 2.63. The van der Waals surface area contributed by atoms with Gasteiger partial charge in [0.05, 0.1) is 11.7 Å². The molecular formula is C11H16FN3O. The molecule has 0 amide bonds. The zero-order chi connectivity index (χ0) is 11.5. The number of pyridine rings is 1. The first-order valence-electron chi connectivity index (χ1n) is 5.47. The highest BCUT2D eigenvalue weighted by molar-refractivity contribution is 5.33. The molecule has 4 nitrogen and oxygen atoms in total. The van der Waals surface area contributed by atoms with E-state index in [1.807, 2.05) is 4.90 Å². The normalized spacial score (nSPS) is 21.4. The summed E-state index contributed by atoms with van der Waals surface area (Å²) in [5, 5.41) is 0. The molecule has 1 aromatic heterocycles. The quantitative estimate of drug-likeness (QED) is 0.821. The molecule has 0 unspecified atom stereocenters. The van der Waals surface area contributed by atoms with Gasteiger partial charge in [0, 0.05) is 25.8 Å². The van der Waals surface area contributed by atoms with Crippen LogP contribution in [0.15, 0.2) is 23.1 Å². The zero-order valence-corrected chi connectivity index (χ0v) is 9.10. The summed E-state index contributed by atoms with van der Waals surface area (Å²) in [5.41, 5.74) is 5.70. The van der Waals surface area contributed by atoms with Crippen LogP contribution in [0.3, 0.4) is 0 Å².